The molecule has 0 radical (unpaired) electrons. The van der Waals surface area contributed by atoms with Crippen LogP contribution in [-0.2, 0) is 9.59 Å². The zero-order valence-corrected chi connectivity index (χ0v) is 19.8. The molecule has 0 saturated carbocycles. The zero-order valence-electron chi connectivity index (χ0n) is 19.8. The minimum absolute atomic E-state index is 0.200. The minimum atomic E-state index is -1.42. The average molecular weight is 425 g/mol. The summed E-state index contributed by atoms with van der Waals surface area (Å²) in [7, 11) is 5.54. The van der Waals surface area contributed by atoms with E-state index < -0.39 is 23.8 Å². The van der Waals surface area contributed by atoms with Crippen LogP contribution in [0.2, 0.25) is 0 Å². The number of carbonyl (C=O) groups is 2. The molecule has 2 N–H and O–H groups in total. The van der Waals surface area contributed by atoms with Gasteiger partial charge < -0.3 is 14.7 Å². The van der Waals surface area contributed by atoms with Crippen molar-refractivity contribution in [1.82, 2.24) is 0 Å². The van der Waals surface area contributed by atoms with Gasteiger partial charge in [0.25, 0.3) is 0 Å². The highest BCUT2D eigenvalue weighted by Crippen LogP contribution is 2.13. The summed E-state index contributed by atoms with van der Waals surface area (Å²) in [6.07, 6.45) is 20.9. The third-order valence-corrected chi connectivity index (χ3v) is 5.17. The molecular weight excluding hydrogens is 378 g/mol. The van der Waals surface area contributed by atoms with E-state index >= 15 is 0 Å². The zero-order chi connectivity index (χ0) is 22.8. The van der Waals surface area contributed by atoms with Gasteiger partial charge in [-0.05, 0) is 18.9 Å². The van der Waals surface area contributed by atoms with Gasteiger partial charge in [0, 0.05) is 0 Å². The van der Waals surface area contributed by atoms with Gasteiger partial charge in [0.05, 0.1) is 21.1 Å². The van der Waals surface area contributed by atoms with E-state index in [1.165, 1.54) is 70.3 Å². The van der Waals surface area contributed by atoms with Crippen molar-refractivity contribution >= 4 is 11.8 Å². The van der Waals surface area contributed by atoms with Crippen LogP contribution in [-0.4, -0.2) is 60.2 Å². The maximum atomic E-state index is 12.2. The number of hydrogen-bond donors (Lipinski definition) is 2. The fourth-order valence-corrected chi connectivity index (χ4v) is 3.50. The molecule has 2 atom stereocenters. The Bertz CT molecular complexity index is 520. The minimum Gasteiger partial charge on any atom is -0.481 e. The number of rotatable bonds is 19. The van der Waals surface area contributed by atoms with Crippen LogP contribution in [0.4, 0.5) is 0 Å². The predicted molar refractivity (Wildman–Crippen MR) is 124 cm³/mol. The Morgan fingerprint density at radius 2 is 1.33 bits per heavy atom. The summed E-state index contributed by atoms with van der Waals surface area (Å²) >= 11 is 0. The molecule has 30 heavy (non-hydrogen) atoms. The molecule has 0 aliphatic heterocycles. The van der Waals surface area contributed by atoms with Gasteiger partial charge in [-0.25, -0.2) is 0 Å². The maximum absolute atomic E-state index is 12.2. The summed E-state index contributed by atoms with van der Waals surface area (Å²) in [5, 5.41) is 19.4. The number of quaternary nitrogens is 1. The first-order chi connectivity index (χ1) is 14.2. The average Bonchev–Trinajstić information content (AvgIpc) is 2.63. The van der Waals surface area contributed by atoms with E-state index in [-0.39, 0.29) is 6.54 Å². The number of likely N-dealkylation sites (N-methyl/N-ethyl adjacent to an activating group) is 1. The van der Waals surface area contributed by atoms with Crippen molar-refractivity contribution in [1.29, 1.82) is 0 Å². The number of aliphatic hydroxyl groups excluding tert-OH is 1. The Kier molecular flexibility index (Phi) is 16.4. The third kappa shape index (κ3) is 16.3. The number of nitrogens with zero attached hydrogens (tertiary/aromatic N) is 1. The molecule has 0 saturated heterocycles. The van der Waals surface area contributed by atoms with Crippen LogP contribution < -0.4 is 0 Å². The van der Waals surface area contributed by atoms with Crippen LogP contribution in [0.5, 0.6) is 0 Å². The van der Waals surface area contributed by atoms with Crippen LogP contribution in [0.1, 0.15) is 84.0 Å². The summed E-state index contributed by atoms with van der Waals surface area (Å²) in [5.74, 6) is -3.27. The van der Waals surface area contributed by atoms with Crippen molar-refractivity contribution in [2.45, 2.75) is 90.1 Å². The van der Waals surface area contributed by atoms with Gasteiger partial charge in [0.1, 0.15) is 12.6 Å². The highest BCUT2D eigenvalue weighted by atomic mass is 16.4. The molecule has 0 aliphatic rings. The molecule has 0 amide bonds. The second-order valence-corrected chi connectivity index (χ2v) is 9.37. The van der Waals surface area contributed by atoms with Crippen molar-refractivity contribution in [3.63, 3.8) is 0 Å². The molecule has 0 aliphatic carbocycles. The molecular formula is C25H46NO4+. The van der Waals surface area contributed by atoms with Crippen LogP contribution in [0.25, 0.3) is 0 Å². The van der Waals surface area contributed by atoms with Gasteiger partial charge in [0.15, 0.2) is 11.7 Å². The lowest BCUT2D eigenvalue weighted by atomic mass is 9.96. The van der Waals surface area contributed by atoms with Gasteiger partial charge in [-0.2, -0.15) is 0 Å². The van der Waals surface area contributed by atoms with Gasteiger partial charge in [-0.3, -0.25) is 9.59 Å². The molecule has 5 nitrogen and oxygen atoms in total. The van der Waals surface area contributed by atoms with E-state index in [0.29, 0.717) is 4.48 Å². The van der Waals surface area contributed by atoms with E-state index in [1.54, 1.807) is 12.2 Å². The topological polar surface area (TPSA) is 74.6 Å². The van der Waals surface area contributed by atoms with Gasteiger partial charge >= 0.3 is 5.97 Å². The van der Waals surface area contributed by atoms with Crippen LogP contribution in [0.15, 0.2) is 24.3 Å². The molecule has 174 valence electrons. The van der Waals surface area contributed by atoms with Gasteiger partial charge in [0.2, 0.25) is 0 Å². The normalized spacial score (nSPS) is 14.4. The molecule has 5 heteroatoms. The SMILES string of the molecule is CCCCCCCCCCCCC/C=C/C=C/C(=O)C(C(=O)O)C(O)C[N+](C)(C)C. The van der Waals surface area contributed by atoms with E-state index in [1.807, 2.05) is 27.2 Å². The fourth-order valence-electron chi connectivity index (χ4n) is 3.50. The van der Waals surface area contributed by atoms with E-state index in [2.05, 4.69) is 6.92 Å². The Hall–Kier alpha value is -1.46. The van der Waals surface area contributed by atoms with Gasteiger partial charge in [-0.1, -0.05) is 89.4 Å². The first-order valence-electron chi connectivity index (χ1n) is 11.8. The van der Waals surface area contributed by atoms with Gasteiger partial charge in [-0.15, -0.1) is 0 Å². The first kappa shape index (κ1) is 28.5. The van der Waals surface area contributed by atoms with Crippen molar-refractivity contribution in [3.8, 4) is 0 Å². The molecule has 0 spiro atoms. The highest BCUT2D eigenvalue weighted by molar-refractivity contribution is 6.05. The summed E-state index contributed by atoms with van der Waals surface area (Å²) in [5.41, 5.74) is 0. The summed E-state index contributed by atoms with van der Waals surface area (Å²) in [6.45, 7) is 2.45. The standard InChI is InChI=1S/C25H45NO4/c1-5-6-7-8-9-10-11-12-13-14-15-16-17-18-19-20-22(27)24(25(29)30)23(28)21-26(2,3)4/h17-20,23-24,28H,5-16,21H2,1-4H3/p+1/b18-17+,20-19+. The molecule has 0 rings (SSSR count). The van der Waals surface area contributed by atoms with Crippen molar-refractivity contribution in [2.24, 2.45) is 5.92 Å². The lowest BCUT2D eigenvalue weighted by Crippen LogP contribution is -2.47. The first-order valence-corrected chi connectivity index (χ1v) is 11.8. The van der Waals surface area contributed by atoms with Crippen molar-refractivity contribution in [2.75, 3.05) is 27.7 Å². The Morgan fingerprint density at radius 3 is 1.80 bits per heavy atom. The molecule has 0 aromatic rings. The lowest BCUT2D eigenvalue weighted by molar-refractivity contribution is -0.873. The number of carboxylic acids is 1. The summed E-state index contributed by atoms with van der Waals surface area (Å²) in [6, 6.07) is 0. The van der Waals surface area contributed by atoms with Crippen LogP contribution >= 0.6 is 0 Å². The lowest BCUT2D eigenvalue weighted by Gasteiger charge is -2.28. The number of unbranched alkanes of at least 4 members (excludes halogenated alkanes) is 11. The smallest absolute Gasteiger partial charge is 0.317 e. The number of aliphatic hydroxyl groups is 1. The molecule has 0 aromatic heterocycles. The fraction of sp³-hybridized carbons (Fsp3) is 0.760. The van der Waals surface area contributed by atoms with Crippen molar-refractivity contribution in [3.05, 3.63) is 24.3 Å². The van der Waals surface area contributed by atoms with E-state index in [0.717, 1.165) is 12.8 Å². The monoisotopic (exact) mass is 424 g/mol. The molecule has 2 unspecified atom stereocenters. The summed E-state index contributed by atoms with van der Waals surface area (Å²) in [4.78, 5) is 23.6. The second kappa shape index (κ2) is 17.2. The molecule has 0 fully saturated rings. The summed E-state index contributed by atoms with van der Waals surface area (Å²) < 4.78 is 0.390. The number of carbonyl (C=O) groups excluding carboxylic acids is 1. The number of allylic oxidation sites excluding steroid dienone is 4. The highest BCUT2D eigenvalue weighted by Gasteiger charge is 2.35. The third-order valence-electron chi connectivity index (χ3n) is 5.17. The van der Waals surface area contributed by atoms with E-state index in [9.17, 15) is 19.8 Å². The van der Waals surface area contributed by atoms with Crippen LogP contribution in [0, 0.1) is 5.92 Å². The Labute approximate surface area is 184 Å². The Balaban J connectivity index is 3.95. The number of hydrogen-bond acceptors (Lipinski definition) is 3. The number of carboxylic acid groups (broad SMARTS) is 1. The quantitative estimate of drug-likeness (QED) is 0.0990. The Morgan fingerprint density at radius 1 is 0.833 bits per heavy atom. The predicted octanol–water partition coefficient (Wildman–Crippen LogP) is 5.14. The van der Waals surface area contributed by atoms with Crippen molar-refractivity contribution < 1.29 is 24.3 Å². The second-order valence-electron chi connectivity index (χ2n) is 9.37. The molecule has 0 heterocycles. The largest absolute Gasteiger partial charge is 0.481 e. The molecule has 0 aromatic carbocycles. The maximum Gasteiger partial charge on any atom is 0.317 e. The van der Waals surface area contributed by atoms with Crippen LogP contribution in [0.3, 0.4) is 0 Å². The number of aliphatic carboxylic acids is 1. The van der Waals surface area contributed by atoms with E-state index in [4.69, 9.17) is 0 Å². The molecule has 0 bridgehead atoms. The number of ketones is 1.